The maximum atomic E-state index is 13.1. The molecule has 6 nitrogen and oxygen atoms in total. The van der Waals surface area contributed by atoms with Crippen LogP contribution in [0, 0.1) is 11.3 Å². The quantitative estimate of drug-likeness (QED) is 0.700. The fraction of sp³-hybridized carbons (Fsp3) is 0.316. The Morgan fingerprint density at radius 3 is 2.37 bits per heavy atom. The molecule has 0 spiro atoms. The standard InChI is InChI=1S/C19H20BrN3O3S/c1-26-18-8-7-16(20)13-19(18)27(24,25)23-11-9-22(10-12-23)17(14-21)15-5-3-2-4-6-15/h2-8,13,17H,9-12H2,1H3. The smallest absolute Gasteiger partial charge is 0.246 e. The van der Waals surface area contributed by atoms with Crippen LogP contribution in [0.2, 0.25) is 0 Å². The largest absolute Gasteiger partial charge is 0.495 e. The van der Waals surface area contributed by atoms with Crippen molar-refractivity contribution in [1.29, 1.82) is 5.26 Å². The van der Waals surface area contributed by atoms with E-state index >= 15 is 0 Å². The van der Waals surface area contributed by atoms with Gasteiger partial charge in [0.05, 0.1) is 13.2 Å². The van der Waals surface area contributed by atoms with Crippen LogP contribution in [0.5, 0.6) is 5.75 Å². The molecular weight excluding hydrogens is 430 g/mol. The average Bonchev–Trinajstić information content (AvgIpc) is 2.70. The molecule has 3 rings (SSSR count). The normalized spacial score (nSPS) is 17.2. The zero-order valence-electron chi connectivity index (χ0n) is 14.9. The molecular formula is C19H20BrN3O3S. The van der Waals surface area contributed by atoms with Gasteiger partial charge in [0.1, 0.15) is 16.7 Å². The monoisotopic (exact) mass is 449 g/mol. The van der Waals surface area contributed by atoms with Crippen LogP contribution in [0.25, 0.3) is 0 Å². The Bertz CT molecular complexity index is 936. The predicted molar refractivity (Wildman–Crippen MR) is 106 cm³/mol. The van der Waals surface area contributed by atoms with Gasteiger partial charge in [-0.1, -0.05) is 46.3 Å². The summed E-state index contributed by atoms with van der Waals surface area (Å²) in [4.78, 5) is 2.16. The SMILES string of the molecule is COc1ccc(Br)cc1S(=O)(=O)N1CCN(C(C#N)c2ccccc2)CC1. The van der Waals surface area contributed by atoms with Crippen molar-refractivity contribution in [2.45, 2.75) is 10.9 Å². The number of halogens is 1. The maximum Gasteiger partial charge on any atom is 0.246 e. The molecule has 8 heteroatoms. The van der Waals surface area contributed by atoms with E-state index in [9.17, 15) is 13.7 Å². The first-order valence-electron chi connectivity index (χ1n) is 8.49. The van der Waals surface area contributed by atoms with Crippen LogP contribution >= 0.6 is 15.9 Å². The van der Waals surface area contributed by atoms with E-state index in [1.54, 1.807) is 18.2 Å². The van der Waals surface area contributed by atoms with Crippen LogP contribution in [0.15, 0.2) is 57.9 Å². The van der Waals surface area contributed by atoms with Gasteiger partial charge in [0.25, 0.3) is 0 Å². The molecule has 0 aromatic heterocycles. The third kappa shape index (κ3) is 4.17. The molecule has 1 atom stereocenters. The van der Waals surface area contributed by atoms with E-state index in [-0.39, 0.29) is 10.9 Å². The number of benzene rings is 2. The third-order valence-electron chi connectivity index (χ3n) is 4.62. The summed E-state index contributed by atoms with van der Waals surface area (Å²) in [6, 6.07) is 16.4. The Morgan fingerprint density at radius 1 is 1.11 bits per heavy atom. The van der Waals surface area contributed by atoms with Gasteiger partial charge < -0.3 is 4.74 Å². The van der Waals surface area contributed by atoms with E-state index in [0.717, 1.165) is 5.56 Å². The van der Waals surface area contributed by atoms with Gasteiger partial charge in [-0.2, -0.15) is 9.57 Å². The summed E-state index contributed by atoms with van der Waals surface area (Å²) in [5, 5.41) is 9.59. The molecule has 1 saturated heterocycles. The molecule has 0 saturated carbocycles. The Labute approximate surface area is 168 Å². The second-order valence-electron chi connectivity index (χ2n) is 6.18. The molecule has 1 unspecified atom stereocenters. The summed E-state index contributed by atoms with van der Waals surface area (Å²) in [6.07, 6.45) is 0. The van der Waals surface area contributed by atoms with Crippen molar-refractivity contribution in [3.05, 3.63) is 58.6 Å². The third-order valence-corrected chi connectivity index (χ3v) is 7.03. The van der Waals surface area contributed by atoms with Gasteiger partial charge >= 0.3 is 0 Å². The molecule has 1 heterocycles. The first kappa shape index (κ1) is 19.8. The lowest BCUT2D eigenvalue weighted by Gasteiger charge is -2.36. The summed E-state index contributed by atoms with van der Waals surface area (Å²) in [5.74, 6) is 0.319. The molecule has 0 radical (unpaired) electrons. The minimum Gasteiger partial charge on any atom is -0.495 e. The number of methoxy groups -OCH3 is 1. The van der Waals surface area contributed by atoms with E-state index in [2.05, 4.69) is 22.0 Å². The number of rotatable bonds is 5. The molecule has 1 fully saturated rings. The van der Waals surface area contributed by atoms with Gasteiger partial charge in [0, 0.05) is 30.7 Å². The fourth-order valence-corrected chi connectivity index (χ4v) is 5.31. The fourth-order valence-electron chi connectivity index (χ4n) is 3.20. The summed E-state index contributed by atoms with van der Waals surface area (Å²) < 4.78 is 33.5. The Kier molecular flexibility index (Phi) is 6.17. The highest BCUT2D eigenvalue weighted by atomic mass is 79.9. The van der Waals surface area contributed by atoms with E-state index in [1.165, 1.54) is 11.4 Å². The molecule has 1 aliphatic rings. The summed E-state index contributed by atoms with van der Waals surface area (Å²) in [6.45, 7) is 1.62. The summed E-state index contributed by atoms with van der Waals surface area (Å²) in [7, 11) is -2.22. The lowest BCUT2D eigenvalue weighted by molar-refractivity contribution is 0.162. The lowest BCUT2D eigenvalue weighted by Crippen LogP contribution is -2.49. The number of hydrogen-bond acceptors (Lipinski definition) is 5. The molecule has 27 heavy (non-hydrogen) atoms. The zero-order valence-corrected chi connectivity index (χ0v) is 17.3. The second kappa shape index (κ2) is 8.40. The second-order valence-corrected chi connectivity index (χ2v) is 9.00. The van der Waals surface area contributed by atoms with Crippen molar-refractivity contribution in [3.63, 3.8) is 0 Å². The van der Waals surface area contributed by atoms with Crippen LogP contribution in [0.1, 0.15) is 11.6 Å². The number of ether oxygens (including phenoxy) is 1. The minimum absolute atomic E-state index is 0.146. The van der Waals surface area contributed by atoms with Gasteiger partial charge in [-0.15, -0.1) is 0 Å². The Morgan fingerprint density at radius 2 is 1.78 bits per heavy atom. The number of nitriles is 1. The molecule has 0 aliphatic carbocycles. The first-order chi connectivity index (χ1) is 13.0. The van der Waals surface area contributed by atoms with Crippen molar-refractivity contribution in [3.8, 4) is 11.8 Å². The van der Waals surface area contributed by atoms with Crippen molar-refractivity contribution in [1.82, 2.24) is 9.21 Å². The van der Waals surface area contributed by atoms with Gasteiger partial charge in [-0.3, -0.25) is 4.90 Å². The van der Waals surface area contributed by atoms with Crippen molar-refractivity contribution in [2.24, 2.45) is 0 Å². The van der Waals surface area contributed by atoms with Crippen molar-refractivity contribution < 1.29 is 13.2 Å². The lowest BCUT2D eigenvalue weighted by atomic mass is 10.1. The van der Waals surface area contributed by atoms with Crippen LogP contribution in [-0.2, 0) is 10.0 Å². The van der Waals surface area contributed by atoms with Crippen LogP contribution < -0.4 is 4.74 Å². The number of nitrogens with zero attached hydrogens (tertiary/aromatic N) is 3. The zero-order chi connectivity index (χ0) is 19.4. The van der Waals surface area contributed by atoms with E-state index in [1.807, 2.05) is 35.2 Å². The number of piperazine rings is 1. The van der Waals surface area contributed by atoms with Crippen molar-refractivity contribution in [2.75, 3.05) is 33.3 Å². The summed E-state index contributed by atoms with van der Waals surface area (Å²) in [5.41, 5.74) is 0.921. The highest BCUT2D eigenvalue weighted by Crippen LogP contribution is 2.31. The molecule has 0 amide bonds. The van der Waals surface area contributed by atoms with Crippen LogP contribution in [0.4, 0.5) is 0 Å². The van der Waals surface area contributed by atoms with Gasteiger partial charge in [0.2, 0.25) is 10.0 Å². The van der Waals surface area contributed by atoms with E-state index in [4.69, 9.17) is 4.74 Å². The Balaban J connectivity index is 1.77. The highest BCUT2D eigenvalue weighted by Gasteiger charge is 2.33. The van der Waals surface area contributed by atoms with Crippen molar-refractivity contribution >= 4 is 26.0 Å². The average molecular weight is 450 g/mol. The molecule has 0 bridgehead atoms. The first-order valence-corrected chi connectivity index (χ1v) is 10.7. The van der Waals surface area contributed by atoms with Gasteiger partial charge in [0.15, 0.2) is 0 Å². The maximum absolute atomic E-state index is 13.1. The summed E-state index contributed by atoms with van der Waals surface area (Å²) >= 11 is 3.32. The van der Waals surface area contributed by atoms with Gasteiger partial charge in [-0.25, -0.2) is 8.42 Å². The molecule has 0 N–H and O–H groups in total. The molecule has 142 valence electrons. The molecule has 1 aliphatic heterocycles. The van der Waals surface area contributed by atoms with E-state index in [0.29, 0.717) is 36.4 Å². The van der Waals surface area contributed by atoms with E-state index < -0.39 is 10.0 Å². The van der Waals surface area contributed by atoms with Gasteiger partial charge in [-0.05, 0) is 23.8 Å². The Hall–Kier alpha value is -1.92. The number of sulfonamides is 1. The molecule has 2 aromatic rings. The molecule has 2 aromatic carbocycles. The highest BCUT2D eigenvalue weighted by molar-refractivity contribution is 9.10. The van der Waals surface area contributed by atoms with Crippen LogP contribution in [-0.4, -0.2) is 50.9 Å². The van der Waals surface area contributed by atoms with Crippen LogP contribution in [0.3, 0.4) is 0 Å². The predicted octanol–water partition coefficient (Wildman–Crippen LogP) is 3.03. The number of hydrogen-bond donors (Lipinski definition) is 0. The minimum atomic E-state index is -3.68. The topological polar surface area (TPSA) is 73.6 Å².